The van der Waals surface area contributed by atoms with E-state index in [0.717, 1.165) is 4.88 Å². The monoisotopic (exact) mass is 324 g/mol. The van der Waals surface area contributed by atoms with Gasteiger partial charge in [-0.1, -0.05) is 6.07 Å². The number of thiazole rings is 1. The molecule has 0 aliphatic carbocycles. The minimum absolute atomic E-state index is 0.0432. The van der Waals surface area contributed by atoms with Gasteiger partial charge in [0.2, 0.25) is 0 Å². The van der Waals surface area contributed by atoms with Crippen LogP contribution in [0.3, 0.4) is 0 Å². The van der Waals surface area contributed by atoms with Gasteiger partial charge in [-0.25, -0.2) is 4.98 Å². The van der Waals surface area contributed by atoms with E-state index in [2.05, 4.69) is 15.6 Å². The van der Waals surface area contributed by atoms with Crippen molar-refractivity contribution in [3.8, 4) is 0 Å². The van der Waals surface area contributed by atoms with E-state index < -0.39 is 11.8 Å². The number of carbonyl (C=O) groups excluding carboxylic acids is 2. The van der Waals surface area contributed by atoms with Crippen molar-refractivity contribution in [2.75, 3.05) is 26.0 Å². The van der Waals surface area contributed by atoms with Gasteiger partial charge >= 0.3 is 11.8 Å². The van der Waals surface area contributed by atoms with E-state index >= 15 is 0 Å². The summed E-state index contributed by atoms with van der Waals surface area (Å²) in [5.41, 5.74) is 0. The number of amides is 2. The maximum absolute atomic E-state index is 11.8. The van der Waals surface area contributed by atoms with Crippen molar-refractivity contribution in [2.24, 2.45) is 0 Å². The molecule has 2 aromatic rings. The maximum atomic E-state index is 11.8. The van der Waals surface area contributed by atoms with Gasteiger partial charge in [0.15, 0.2) is 5.13 Å². The Labute approximate surface area is 130 Å². The summed E-state index contributed by atoms with van der Waals surface area (Å²) in [6, 6.07) is 4.02. The number of rotatable bonds is 5. The van der Waals surface area contributed by atoms with Crippen LogP contribution < -0.4 is 10.6 Å². The van der Waals surface area contributed by atoms with Gasteiger partial charge in [0.1, 0.15) is 0 Å². The SMILES string of the molecule is CN(C)C(CNC(=O)C(=O)Nc1nccs1)c1cccs1. The summed E-state index contributed by atoms with van der Waals surface area (Å²) >= 11 is 2.89. The first kappa shape index (κ1) is 15.6. The van der Waals surface area contributed by atoms with E-state index in [9.17, 15) is 9.59 Å². The zero-order valence-corrected chi connectivity index (χ0v) is 13.3. The van der Waals surface area contributed by atoms with E-state index in [1.165, 1.54) is 11.3 Å². The summed E-state index contributed by atoms with van der Waals surface area (Å²) in [5.74, 6) is -1.36. The minimum atomic E-state index is -0.700. The number of nitrogens with zero attached hydrogens (tertiary/aromatic N) is 2. The first-order valence-electron chi connectivity index (χ1n) is 6.26. The van der Waals surface area contributed by atoms with Crippen LogP contribution in [-0.4, -0.2) is 42.3 Å². The van der Waals surface area contributed by atoms with E-state index in [1.54, 1.807) is 22.9 Å². The fraction of sp³-hybridized carbons (Fsp3) is 0.308. The molecule has 0 bridgehead atoms. The fourth-order valence-electron chi connectivity index (χ4n) is 1.73. The molecule has 8 heteroatoms. The van der Waals surface area contributed by atoms with Gasteiger partial charge in [-0.2, -0.15) is 0 Å². The molecular formula is C13H16N4O2S2. The molecule has 0 saturated carbocycles. The Morgan fingerprint density at radius 2 is 2.10 bits per heavy atom. The van der Waals surface area contributed by atoms with Crippen molar-refractivity contribution in [3.05, 3.63) is 34.0 Å². The van der Waals surface area contributed by atoms with Gasteiger partial charge in [0.05, 0.1) is 6.04 Å². The Morgan fingerprint density at radius 3 is 2.67 bits per heavy atom. The molecule has 21 heavy (non-hydrogen) atoms. The van der Waals surface area contributed by atoms with Crippen LogP contribution in [0.1, 0.15) is 10.9 Å². The van der Waals surface area contributed by atoms with E-state index in [0.29, 0.717) is 11.7 Å². The number of thiophene rings is 1. The van der Waals surface area contributed by atoms with Crippen LogP contribution in [0.15, 0.2) is 29.1 Å². The molecule has 0 spiro atoms. The Hall–Kier alpha value is -1.77. The average molecular weight is 324 g/mol. The molecule has 1 atom stereocenters. The first-order chi connectivity index (χ1) is 10.1. The fourth-order valence-corrected chi connectivity index (χ4v) is 3.17. The number of likely N-dealkylation sites (N-methyl/N-ethyl adjacent to an activating group) is 1. The number of carbonyl (C=O) groups is 2. The molecule has 2 amide bonds. The van der Waals surface area contributed by atoms with Crippen LogP contribution >= 0.6 is 22.7 Å². The second-order valence-electron chi connectivity index (χ2n) is 4.50. The van der Waals surface area contributed by atoms with Crippen molar-refractivity contribution in [3.63, 3.8) is 0 Å². The average Bonchev–Trinajstić information content (AvgIpc) is 3.11. The van der Waals surface area contributed by atoms with Crippen molar-refractivity contribution in [1.29, 1.82) is 0 Å². The topological polar surface area (TPSA) is 74.3 Å². The van der Waals surface area contributed by atoms with E-state index in [4.69, 9.17) is 0 Å². The minimum Gasteiger partial charge on any atom is -0.346 e. The molecule has 2 rings (SSSR count). The lowest BCUT2D eigenvalue weighted by Gasteiger charge is -2.23. The Balaban J connectivity index is 1.88. The summed E-state index contributed by atoms with van der Waals surface area (Å²) in [7, 11) is 3.87. The molecule has 0 saturated heterocycles. The molecule has 2 aromatic heterocycles. The zero-order chi connectivity index (χ0) is 15.2. The van der Waals surface area contributed by atoms with E-state index in [-0.39, 0.29) is 6.04 Å². The van der Waals surface area contributed by atoms with Gasteiger partial charge in [-0.3, -0.25) is 14.9 Å². The maximum Gasteiger partial charge on any atom is 0.315 e. The summed E-state index contributed by atoms with van der Waals surface area (Å²) in [4.78, 5) is 30.6. The Kier molecular flexibility index (Phi) is 5.43. The second-order valence-corrected chi connectivity index (χ2v) is 6.37. The number of hydrogen-bond acceptors (Lipinski definition) is 6. The molecule has 0 fully saturated rings. The molecule has 2 heterocycles. The highest BCUT2D eigenvalue weighted by atomic mass is 32.1. The van der Waals surface area contributed by atoms with Gasteiger partial charge in [0, 0.05) is 23.0 Å². The third kappa shape index (κ3) is 4.35. The summed E-state index contributed by atoms with van der Waals surface area (Å²) in [6.07, 6.45) is 1.57. The Bertz CT molecular complexity index is 581. The predicted molar refractivity (Wildman–Crippen MR) is 84.5 cm³/mol. The molecule has 6 nitrogen and oxygen atoms in total. The number of anilines is 1. The second kappa shape index (κ2) is 7.30. The van der Waals surface area contributed by atoms with Gasteiger partial charge < -0.3 is 10.2 Å². The molecule has 1 unspecified atom stereocenters. The molecule has 0 radical (unpaired) electrons. The highest BCUT2D eigenvalue weighted by Crippen LogP contribution is 2.22. The van der Waals surface area contributed by atoms with Crippen LogP contribution in [0.2, 0.25) is 0 Å². The number of aromatic nitrogens is 1. The molecule has 0 aliphatic heterocycles. The quantitative estimate of drug-likeness (QED) is 0.819. The standard InChI is InChI=1S/C13H16N4O2S2/c1-17(2)9(10-4-3-6-20-10)8-15-11(18)12(19)16-13-14-5-7-21-13/h3-7,9H,8H2,1-2H3,(H,15,18)(H,14,16,19). The van der Waals surface area contributed by atoms with Gasteiger partial charge in [-0.05, 0) is 25.5 Å². The van der Waals surface area contributed by atoms with Crippen molar-refractivity contribution >= 4 is 39.6 Å². The van der Waals surface area contributed by atoms with E-state index in [1.807, 2.05) is 36.5 Å². The lowest BCUT2D eigenvalue weighted by atomic mass is 10.2. The first-order valence-corrected chi connectivity index (χ1v) is 8.02. The molecular weight excluding hydrogens is 308 g/mol. The van der Waals surface area contributed by atoms with Crippen molar-refractivity contribution in [2.45, 2.75) is 6.04 Å². The third-order valence-electron chi connectivity index (χ3n) is 2.81. The molecule has 0 aliphatic rings. The van der Waals surface area contributed by atoms with Crippen LogP contribution in [0.5, 0.6) is 0 Å². The lowest BCUT2D eigenvalue weighted by Crippen LogP contribution is -2.40. The predicted octanol–water partition coefficient (Wildman–Crippen LogP) is 1.56. The smallest absolute Gasteiger partial charge is 0.315 e. The normalized spacial score (nSPS) is 12.1. The summed E-state index contributed by atoms with van der Waals surface area (Å²) in [6.45, 7) is 0.373. The van der Waals surface area contributed by atoms with Crippen LogP contribution in [0.25, 0.3) is 0 Å². The summed E-state index contributed by atoms with van der Waals surface area (Å²) < 4.78 is 0. The van der Waals surface area contributed by atoms with Crippen LogP contribution in [0, 0.1) is 0 Å². The van der Waals surface area contributed by atoms with Crippen LogP contribution in [-0.2, 0) is 9.59 Å². The van der Waals surface area contributed by atoms with Crippen LogP contribution in [0.4, 0.5) is 5.13 Å². The zero-order valence-electron chi connectivity index (χ0n) is 11.7. The highest BCUT2D eigenvalue weighted by molar-refractivity contribution is 7.13. The molecule has 2 N–H and O–H groups in total. The number of nitrogens with one attached hydrogen (secondary N) is 2. The molecule has 112 valence electrons. The van der Waals surface area contributed by atoms with Crippen molar-refractivity contribution < 1.29 is 9.59 Å². The van der Waals surface area contributed by atoms with Crippen molar-refractivity contribution in [1.82, 2.24) is 15.2 Å². The lowest BCUT2D eigenvalue weighted by molar-refractivity contribution is -0.136. The summed E-state index contributed by atoms with van der Waals surface area (Å²) in [5, 5.41) is 9.24. The van der Waals surface area contributed by atoms with Gasteiger partial charge in [0.25, 0.3) is 0 Å². The Morgan fingerprint density at radius 1 is 1.29 bits per heavy atom. The third-order valence-corrected chi connectivity index (χ3v) is 4.47. The number of hydrogen-bond donors (Lipinski definition) is 2. The van der Waals surface area contributed by atoms with Gasteiger partial charge in [-0.15, -0.1) is 22.7 Å². The highest BCUT2D eigenvalue weighted by Gasteiger charge is 2.19. The largest absolute Gasteiger partial charge is 0.346 e. The molecule has 0 aromatic carbocycles.